The van der Waals surface area contributed by atoms with Crippen molar-refractivity contribution < 1.29 is 28.3 Å². The number of amides is 1. The van der Waals surface area contributed by atoms with Gasteiger partial charge in [-0.3, -0.25) is 24.8 Å². The first-order valence-electron chi connectivity index (χ1n) is 14.6. The number of hydrogen-bond acceptors (Lipinski definition) is 13. The number of hydrazone groups is 1. The number of rotatable bonds is 8. The molecule has 0 saturated carbocycles. The number of aromatic amines is 1. The maximum Gasteiger partial charge on any atom is 0.315 e. The summed E-state index contributed by atoms with van der Waals surface area (Å²) in [6.45, 7) is 4.94. The van der Waals surface area contributed by atoms with Gasteiger partial charge < -0.3 is 28.6 Å². The van der Waals surface area contributed by atoms with Gasteiger partial charge in [0, 0.05) is 44.0 Å². The van der Waals surface area contributed by atoms with Gasteiger partial charge in [0.1, 0.15) is 12.3 Å². The Balaban J connectivity index is 1.07. The van der Waals surface area contributed by atoms with Crippen molar-refractivity contribution in [1.82, 2.24) is 30.1 Å². The average Bonchev–Trinajstić information content (AvgIpc) is 3.74. The Labute approximate surface area is 269 Å². The van der Waals surface area contributed by atoms with Crippen LogP contribution in [0.25, 0.3) is 22.3 Å². The van der Waals surface area contributed by atoms with E-state index in [0.717, 1.165) is 24.9 Å². The van der Waals surface area contributed by atoms with E-state index in [1.54, 1.807) is 6.20 Å². The van der Waals surface area contributed by atoms with Crippen molar-refractivity contribution in [3.63, 3.8) is 0 Å². The summed E-state index contributed by atoms with van der Waals surface area (Å²) in [5.74, 6) is -0.389. The fourth-order valence-corrected chi connectivity index (χ4v) is 6.31. The minimum Gasteiger partial charge on any atom is -0.487 e. The second-order valence-electron chi connectivity index (χ2n) is 11.2. The first-order valence-corrected chi connectivity index (χ1v) is 15.6. The predicted molar refractivity (Wildman–Crippen MR) is 169 cm³/mol. The number of hydrogen-bond donors (Lipinski definition) is 2. The van der Waals surface area contributed by atoms with Gasteiger partial charge in [-0.25, -0.2) is 14.8 Å². The highest BCUT2D eigenvalue weighted by Crippen LogP contribution is 2.43. The summed E-state index contributed by atoms with van der Waals surface area (Å²) in [4.78, 5) is 45.3. The molecule has 1 fully saturated rings. The van der Waals surface area contributed by atoms with Crippen molar-refractivity contribution in [2.45, 2.75) is 18.1 Å². The summed E-state index contributed by atoms with van der Waals surface area (Å²) in [6.07, 6.45) is 2.98. The Morgan fingerprint density at radius 3 is 2.81 bits per heavy atom. The number of carbonyl (C=O) groups is 1. The number of aromatic nitrogens is 4. The first-order chi connectivity index (χ1) is 22.7. The molecule has 1 atom stereocenters. The second-order valence-corrected chi connectivity index (χ2v) is 12.1. The number of nitro benzene ring substituents is 1. The van der Waals surface area contributed by atoms with E-state index >= 15 is 4.39 Å². The van der Waals surface area contributed by atoms with E-state index in [1.807, 2.05) is 23.4 Å². The first kappa shape index (κ1) is 30.4. The molecule has 0 spiro atoms. The van der Waals surface area contributed by atoms with Crippen molar-refractivity contribution >= 4 is 46.2 Å². The molecule has 16 nitrogen and oxygen atoms in total. The van der Waals surface area contributed by atoms with Crippen LogP contribution >= 0.6 is 11.8 Å². The highest BCUT2D eigenvalue weighted by molar-refractivity contribution is 7.99. The highest BCUT2D eigenvalue weighted by Gasteiger charge is 2.31. The van der Waals surface area contributed by atoms with Gasteiger partial charge in [0.2, 0.25) is 23.1 Å². The molecule has 3 aliphatic heterocycles. The number of thioether (sulfide) groups is 1. The third kappa shape index (κ3) is 5.58. The van der Waals surface area contributed by atoms with Gasteiger partial charge >= 0.3 is 5.69 Å². The molecule has 0 radical (unpaired) electrons. The Kier molecular flexibility index (Phi) is 7.88. The summed E-state index contributed by atoms with van der Waals surface area (Å²) in [7, 11) is 2.02. The van der Waals surface area contributed by atoms with Crippen LogP contribution in [-0.2, 0) is 4.79 Å². The number of benzene rings is 2. The zero-order valence-electron chi connectivity index (χ0n) is 25.2. The summed E-state index contributed by atoms with van der Waals surface area (Å²) in [5.41, 5.74) is 3.22. The standard InChI is InChI=1S/C29H28FN9O7S/c1-15-12-44-27-22-17(9-19(30)23(27)37-7-5-36(2)6-8-37)24(41)18(11-38(15)22)28-32-29(35-34-28)47-13-21(40)33-31-10-16-3-4-20(39(42)43)26-25(16)45-14-46-26/h3-4,9-11,15H,5-8,12-14H2,1-2H3,(H,33,40)(H,32,34,35)/b31-10+. The average molecular weight is 666 g/mol. The summed E-state index contributed by atoms with van der Waals surface area (Å²) >= 11 is 1.01. The number of nitrogens with zero attached hydrogens (tertiary/aromatic N) is 7. The van der Waals surface area contributed by atoms with E-state index in [0.29, 0.717) is 42.2 Å². The third-order valence-electron chi connectivity index (χ3n) is 8.13. The van der Waals surface area contributed by atoms with E-state index in [-0.39, 0.29) is 57.7 Å². The van der Waals surface area contributed by atoms with Gasteiger partial charge in [0.05, 0.1) is 39.4 Å². The lowest BCUT2D eigenvalue weighted by atomic mass is 10.0. The zero-order chi connectivity index (χ0) is 32.8. The van der Waals surface area contributed by atoms with Gasteiger partial charge in [-0.05, 0) is 26.1 Å². The SMILES string of the molecule is CC1COc2c(N3CCN(C)CC3)c(F)cc3c(=O)c(-c4nc(SCC(=O)N/N=C/c5ccc([N+](=O)[O-])c6c5OCO6)n[nH]4)cn1c23. The van der Waals surface area contributed by atoms with E-state index < -0.39 is 22.1 Å². The molecule has 2 N–H and O–H groups in total. The topological polar surface area (TPSA) is 182 Å². The Hall–Kier alpha value is -5.23. The van der Waals surface area contributed by atoms with E-state index in [2.05, 4.69) is 30.6 Å². The molecule has 244 valence electrons. The number of pyridine rings is 1. The van der Waals surface area contributed by atoms with Crippen LogP contribution in [0.1, 0.15) is 18.5 Å². The number of likely N-dealkylation sites (N-methyl/N-ethyl adjacent to an activating group) is 1. The number of halogens is 1. The fourth-order valence-electron chi connectivity index (χ4n) is 5.72. The number of carbonyl (C=O) groups excluding carboxylic acids is 1. The van der Waals surface area contributed by atoms with E-state index in [9.17, 15) is 19.7 Å². The fraction of sp³-hybridized carbons (Fsp3) is 0.345. The van der Waals surface area contributed by atoms with Gasteiger partial charge in [-0.15, -0.1) is 5.10 Å². The molecular formula is C29H28FN9O7S. The lowest BCUT2D eigenvalue weighted by molar-refractivity contribution is -0.385. The number of fused-ring (bicyclic) bond motifs is 1. The summed E-state index contributed by atoms with van der Waals surface area (Å²) in [5, 5.41) is 22.4. The van der Waals surface area contributed by atoms with Crippen LogP contribution in [0.5, 0.6) is 17.2 Å². The van der Waals surface area contributed by atoms with Crippen LogP contribution in [0.4, 0.5) is 15.8 Å². The quantitative estimate of drug-likeness (QED) is 0.122. The zero-order valence-corrected chi connectivity index (χ0v) is 26.0. The van der Waals surface area contributed by atoms with Gasteiger partial charge in [0.25, 0.3) is 5.91 Å². The molecule has 47 heavy (non-hydrogen) atoms. The molecular weight excluding hydrogens is 637 g/mol. The van der Waals surface area contributed by atoms with Crippen LogP contribution in [-0.4, -0.2) is 94.1 Å². The van der Waals surface area contributed by atoms with Crippen molar-refractivity contribution in [3.05, 3.63) is 56.1 Å². The number of nitro groups is 1. The number of ether oxygens (including phenoxy) is 3. The molecule has 7 rings (SSSR count). The number of nitrogens with one attached hydrogen (secondary N) is 2. The van der Waals surface area contributed by atoms with Gasteiger partial charge in [-0.1, -0.05) is 11.8 Å². The smallest absolute Gasteiger partial charge is 0.315 e. The monoisotopic (exact) mass is 665 g/mol. The maximum atomic E-state index is 15.7. The summed E-state index contributed by atoms with van der Waals surface area (Å²) < 4.78 is 34.2. The van der Waals surface area contributed by atoms with Crippen molar-refractivity contribution in [1.29, 1.82) is 0 Å². The molecule has 1 amide bonds. The van der Waals surface area contributed by atoms with Gasteiger partial charge in [-0.2, -0.15) is 5.10 Å². The Morgan fingerprint density at radius 2 is 2.02 bits per heavy atom. The number of piperazine rings is 1. The molecule has 1 unspecified atom stereocenters. The van der Waals surface area contributed by atoms with E-state index in [1.165, 1.54) is 24.4 Å². The van der Waals surface area contributed by atoms with Crippen LogP contribution < -0.4 is 30.0 Å². The lowest BCUT2D eigenvalue weighted by Crippen LogP contribution is -2.45. The molecule has 2 aromatic heterocycles. The lowest BCUT2D eigenvalue weighted by Gasteiger charge is -2.37. The van der Waals surface area contributed by atoms with Crippen LogP contribution in [0, 0.1) is 15.9 Å². The van der Waals surface area contributed by atoms with Crippen LogP contribution in [0.15, 0.2) is 39.4 Å². The molecule has 2 aromatic carbocycles. The number of anilines is 1. The highest BCUT2D eigenvalue weighted by atomic mass is 32.2. The number of H-pyrrole nitrogens is 1. The van der Waals surface area contributed by atoms with E-state index in [4.69, 9.17) is 14.2 Å². The molecule has 18 heteroatoms. The molecule has 0 aliphatic carbocycles. The van der Waals surface area contributed by atoms with Crippen molar-refractivity contribution in [2.24, 2.45) is 5.10 Å². The third-order valence-corrected chi connectivity index (χ3v) is 8.98. The molecule has 0 bridgehead atoms. The van der Waals surface area contributed by atoms with Crippen LogP contribution in [0.3, 0.4) is 0 Å². The Morgan fingerprint density at radius 1 is 1.23 bits per heavy atom. The molecule has 3 aliphatic rings. The normalized spacial score (nSPS) is 17.3. The minimum absolute atomic E-state index is 0.000326. The summed E-state index contributed by atoms with van der Waals surface area (Å²) in [6, 6.07) is 3.84. The van der Waals surface area contributed by atoms with Crippen LogP contribution in [0.2, 0.25) is 0 Å². The predicted octanol–water partition coefficient (Wildman–Crippen LogP) is 2.51. The van der Waals surface area contributed by atoms with Gasteiger partial charge in [0.15, 0.2) is 23.1 Å². The maximum absolute atomic E-state index is 15.7. The second kappa shape index (κ2) is 12.2. The Bertz CT molecular complexity index is 2010. The molecule has 1 saturated heterocycles. The minimum atomic E-state index is -0.578. The molecule has 4 aromatic rings. The van der Waals surface area contributed by atoms with Crippen molar-refractivity contribution in [3.8, 4) is 28.6 Å². The largest absolute Gasteiger partial charge is 0.487 e. The van der Waals surface area contributed by atoms with Crippen molar-refractivity contribution in [2.75, 3.05) is 57.3 Å². The molecule has 5 heterocycles.